The molecule has 0 radical (unpaired) electrons. The Morgan fingerprint density at radius 1 is 0.875 bits per heavy atom. The molecule has 0 fully saturated rings. The largest absolute Gasteiger partial charge is 0.303 e. The van der Waals surface area contributed by atoms with E-state index in [4.69, 9.17) is 0 Å². The molecule has 0 heterocycles. The fraction of sp³-hybridized carbons (Fsp3) is 0.550. The molecule has 4 nitrogen and oxygen atoms in total. The van der Waals surface area contributed by atoms with E-state index < -0.39 is 0 Å². The van der Waals surface area contributed by atoms with Gasteiger partial charge < -0.3 is 4.79 Å². The number of nitrogens with zero attached hydrogens (tertiary/aromatic N) is 1. The molecule has 0 atom stereocenters. The first-order valence-electron chi connectivity index (χ1n) is 8.94. The maximum Gasteiger partial charge on any atom is 0.246 e. The molecule has 0 aromatic rings. The monoisotopic (exact) mass is 333 g/mol. The van der Waals surface area contributed by atoms with Crippen molar-refractivity contribution in [2.75, 3.05) is 0 Å². The molecular weight excluding hydrogens is 302 g/mol. The topological polar surface area (TPSA) is 60.2 Å². The van der Waals surface area contributed by atoms with Crippen LogP contribution in [0.15, 0.2) is 48.2 Å². The minimum Gasteiger partial charge on any atom is -0.303 e. The first-order chi connectivity index (χ1) is 11.7. The summed E-state index contributed by atoms with van der Waals surface area (Å²) in [6.07, 6.45) is 23.4. The molecule has 0 bridgehead atoms. The predicted molar refractivity (Wildman–Crippen MR) is 100 cm³/mol. The van der Waals surface area contributed by atoms with E-state index in [1.54, 1.807) is 6.08 Å². The van der Waals surface area contributed by atoms with Crippen LogP contribution in [-0.4, -0.2) is 11.2 Å². The number of hydrogen-bond acceptors (Lipinski definition) is 3. The van der Waals surface area contributed by atoms with Crippen molar-refractivity contribution in [2.24, 2.45) is 0 Å². The first-order valence-corrected chi connectivity index (χ1v) is 8.94. The highest BCUT2D eigenvalue weighted by Gasteiger charge is 2.06. The van der Waals surface area contributed by atoms with Gasteiger partial charge in [0.25, 0.3) is 0 Å². The van der Waals surface area contributed by atoms with Crippen molar-refractivity contribution in [1.82, 2.24) is 0 Å². The van der Waals surface area contributed by atoms with Crippen LogP contribution in [-0.2, 0) is 4.79 Å². The van der Waals surface area contributed by atoms with Crippen LogP contribution in [0, 0.1) is 10.1 Å². The lowest BCUT2D eigenvalue weighted by atomic mass is 10.1. The Kier molecular flexibility index (Phi) is 16.0. The van der Waals surface area contributed by atoms with Gasteiger partial charge in [0.2, 0.25) is 5.70 Å². The Labute approximate surface area is 146 Å². The molecule has 0 saturated carbocycles. The van der Waals surface area contributed by atoms with E-state index >= 15 is 0 Å². The van der Waals surface area contributed by atoms with E-state index in [2.05, 4.69) is 31.2 Å². The molecule has 24 heavy (non-hydrogen) atoms. The maximum absolute atomic E-state index is 11.0. The van der Waals surface area contributed by atoms with Crippen molar-refractivity contribution in [2.45, 2.75) is 71.1 Å². The Balaban J connectivity index is 3.95. The van der Waals surface area contributed by atoms with Crippen LogP contribution in [0.3, 0.4) is 0 Å². The summed E-state index contributed by atoms with van der Waals surface area (Å²) in [6, 6.07) is 0. The van der Waals surface area contributed by atoms with Crippen molar-refractivity contribution in [3.63, 3.8) is 0 Å². The molecule has 0 aromatic carbocycles. The number of hydrogen-bond donors (Lipinski definition) is 0. The molecule has 0 N–H and O–H groups in total. The van der Waals surface area contributed by atoms with Gasteiger partial charge in [-0.3, -0.25) is 10.1 Å². The number of carbonyl (C=O) groups is 1. The second-order valence-electron chi connectivity index (χ2n) is 5.61. The van der Waals surface area contributed by atoms with Crippen LogP contribution >= 0.6 is 0 Å². The average molecular weight is 333 g/mol. The normalized spacial score (nSPS) is 12.6. The lowest BCUT2D eigenvalue weighted by Gasteiger charge is -1.97. The average Bonchev–Trinajstić information content (AvgIpc) is 2.57. The molecule has 0 aliphatic heterocycles. The summed E-state index contributed by atoms with van der Waals surface area (Å²) in [4.78, 5) is 20.9. The second-order valence-corrected chi connectivity index (χ2v) is 5.61. The summed E-state index contributed by atoms with van der Waals surface area (Å²) in [7, 11) is 0. The number of allylic oxidation sites excluding steroid dienone is 7. The van der Waals surface area contributed by atoms with E-state index in [1.807, 2.05) is 12.2 Å². The maximum atomic E-state index is 11.0. The lowest BCUT2D eigenvalue weighted by molar-refractivity contribution is -0.427. The van der Waals surface area contributed by atoms with Gasteiger partial charge in [0, 0.05) is 6.42 Å². The highest BCUT2D eigenvalue weighted by molar-refractivity contribution is 5.48. The third kappa shape index (κ3) is 14.9. The van der Waals surface area contributed by atoms with E-state index in [0.29, 0.717) is 12.8 Å². The molecule has 134 valence electrons. The van der Waals surface area contributed by atoms with Gasteiger partial charge in [-0.05, 0) is 44.6 Å². The van der Waals surface area contributed by atoms with Crippen LogP contribution in [0.25, 0.3) is 0 Å². The Morgan fingerprint density at radius 3 is 2.04 bits per heavy atom. The van der Waals surface area contributed by atoms with Gasteiger partial charge in [-0.2, -0.15) is 0 Å². The molecule has 0 unspecified atom stereocenters. The fourth-order valence-electron chi connectivity index (χ4n) is 2.14. The molecule has 0 aromatic heterocycles. The molecule has 0 aliphatic rings. The predicted octanol–water partition coefficient (Wildman–Crippen LogP) is 5.94. The van der Waals surface area contributed by atoms with Crippen LogP contribution in [0.2, 0.25) is 0 Å². The van der Waals surface area contributed by atoms with Crippen LogP contribution in [0.1, 0.15) is 71.1 Å². The fourth-order valence-corrected chi connectivity index (χ4v) is 2.14. The van der Waals surface area contributed by atoms with Crippen molar-refractivity contribution < 1.29 is 9.72 Å². The van der Waals surface area contributed by atoms with Gasteiger partial charge >= 0.3 is 0 Å². The van der Waals surface area contributed by atoms with Crippen LogP contribution < -0.4 is 0 Å². The smallest absolute Gasteiger partial charge is 0.246 e. The van der Waals surface area contributed by atoms with Gasteiger partial charge in [-0.25, -0.2) is 0 Å². The summed E-state index contributed by atoms with van der Waals surface area (Å²) in [6.45, 7) is 2.11. The van der Waals surface area contributed by atoms with Crippen molar-refractivity contribution in [1.29, 1.82) is 0 Å². The number of rotatable bonds is 15. The lowest BCUT2D eigenvalue weighted by Crippen LogP contribution is -1.97. The van der Waals surface area contributed by atoms with Gasteiger partial charge in [-0.15, -0.1) is 0 Å². The van der Waals surface area contributed by atoms with Crippen LogP contribution in [0.5, 0.6) is 0 Å². The minimum absolute atomic E-state index is 0.272. The van der Waals surface area contributed by atoms with Crippen LogP contribution in [0.4, 0.5) is 0 Å². The zero-order valence-corrected chi connectivity index (χ0v) is 14.9. The molecule has 0 rings (SSSR count). The molecule has 0 spiro atoms. The standard InChI is InChI=1S/C20H31NO3/c1-2-3-4-5-6-7-8-11-14-17-20(21(23)24)18-15-12-9-10-13-16-19-22/h3-4,6-7,11,14,18-19H,2,5,8-10,12-13,15-17H2,1H3/b4-3-,7-6-,14-11-,20-18+. The van der Waals surface area contributed by atoms with Gasteiger partial charge in [0.1, 0.15) is 6.29 Å². The number of unbranched alkanes of at least 4 members (excludes halogenated alkanes) is 5. The van der Waals surface area contributed by atoms with E-state index in [-0.39, 0.29) is 10.6 Å². The summed E-state index contributed by atoms with van der Waals surface area (Å²) in [5.41, 5.74) is 0.272. The zero-order valence-electron chi connectivity index (χ0n) is 14.9. The summed E-state index contributed by atoms with van der Waals surface area (Å²) >= 11 is 0. The zero-order chi connectivity index (χ0) is 17.9. The molecule has 0 saturated heterocycles. The van der Waals surface area contributed by atoms with Crippen molar-refractivity contribution >= 4 is 6.29 Å². The quantitative estimate of drug-likeness (QED) is 0.123. The highest BCUT2D eigenvalue weighted by Crippen LogP contribution is 2.10. The second kappa shape index (κ2) is 17.4. The molecule has 0 amide bonds. The molecule has 0 aliphatic carbocycles. The number of aldehydes is 1. The third-order valence-corrected chi connectivity index (χ3v) is 3.50. The Morgan fingerprint density at radius 2 is 1.46 bits per heavy atom. The van der Waals surface area contributed by atoms with Gasteiger partial charge in [0.15, 0.2) is 0 Å². The van der Waals surface area contributed by atoms with Crippen molar-refractivity contribution in [3.8, 4) is 0 Å². The minimum atomic E-state index is -0.290. The number of carbonyl (C=O) groups excluding carboxylic acids is 1. The highest BCUT2D eigenvalue weighted by atomic mass is 16.6. The van der Waals surface area contributed by atoms with E-state index in [9.17, 15) is 14.9 Å². The Hall–Kier alpha value is -1.97. The summed E-state index contributed by atoms with van der Waals surface area (Å²) < 4.78 is 0. The molecule has 4 heteroatoms. The van der Waals surface area contributed by atoms with Gasteiger partial charge in [0.05, 0.1) is 11.3 Å². The first kappa shape index (κ1) is 22.0. The SMILES string of the molecule is CC/C=C\C/C=C\C/C=C\C/C(=C\CCCCCCC=O)[N+](=O)[O-]. The third-order valence-electron chi connectivity index (χ3n) is 3.50. The van der Waals surface area contributed by atoms with Crippen molar-refractivity contribution in [3.05, 3.63) is 58.3 Å². The molecular formula is C20H31NO3. The van der Waals surface area contributed by atoms with E-state index in [0.717, 1.165) is 57.7 Å². The Bertz CT molecular complexity index is 448. The number of nitro groups is 1. The summed E-state index contributed by atoms with van der Waals surface area (Å²) in [5.74, 6) is 0. The van der Waals surface area contributed by atoms with E-state index in [1.165, 1.54) is 0 Å². The van der Waals surface area contributed by atoms with Gasteiger partial charge in [-0.1, -0.05) is 56.2 Å². The summed E-state index contributed by atoms with van der Waals surface area (Å²) in [5, 5.41) is 11.0.